The second-order valence-corrected chi connectivity index (χ2v) is 9.46. The van der Waals surface area contributed by atoms with Crippen molar-refractivity contribution in [3.8, 4) is 17.0 Å². The fourth-order valence-corrected chi connectivity index (χ4v) is 4.43. The number of nitrogens with zero attached hydrogens (tertiary/aromatic N) is 4. The number of halogens is 1. The average molecular weight is 486 g/mol. The summed E-state index contributed by atoms with van der Waals surface area (Å²) in [6.45, 7) is 2.08. The molecule has 1 unspecified atom stereocenters. The number of rotatable bonds is 8. The van der Waals surface area contributed by atoms with Crippen LogP contribution in [0.15, 0.2) is 65.1 Å². The lowest BCUT2D eigenvalue weighted by molar-refractivity contribution is -0.115. The molecule has 0 aliphatic rings. The molecule has 164 valence electrons. The van der Waals surface area contributed by atoms with Gasteiger partial charge in [0.1, 0.15) is 12.4 Å². The van der Waals surface area contributed by atoms with Crippen molar-refractivity contribution in [3.05, 3.63) is 70.8 Å². The predicted octanol–water partition coefficient (Wildman–Crippen LogP) is 5.29. The van der Waals surface area contributed by atoms with E-state index in [-0.39, 0.29) is 17.8 Å². The molecule has 4 rings (SSSR count). The maximum Gasteiger partial charge on any atom is 0.239 e. The minimum Gasteiger partial charge on any atom is -0.486 e. The third-order valence-corrected chi connectivity index (χ3v) is 6.71. The third kappa shape index (κ3) is 5.48. The number of carbonyl (C=O) groups is 1. The SMILES string of the molecule is CC(Sc1nnc(COc2ccc(Cl)cc2)n1C)C(=O)Nc1nc(-c2ccccc2)cs1. The number of anilines is 1. The Labute approximate surface area is 198 Å². The molecule has 7 nitrogen and oxygen atoms in total. The maximum atomic E-state index is 12.7. The molecule has 2 heterocycles. The average Bonchev–Trinajstić information content (AvgIpc) is 3.41. The van der Waals surface area contributed by atoms with Gasteiger partial charge in [-0.05, 0) is 31.2 Å². The Morgan fingerprint density at radius 2 is 1.94 bits per heavy atom. The van der Waals surface area contributed by atoms with E-state index in [1.807, 2.05) is 54.3 Å². The topological polar surface area (TPSA) is 81.9 Å². The summed E-state index contributed by atoms with van der Waals surface area (Å²) < 4.78 is 7.55. The van der Waals surface area contributed by atoms with E-state index in [0.29, 0.717) is 26.9 Å². The van der Waals surface area contributed by atoms with Gasteiger partial charge in [0.25, 0.3) is 0 Å². The van der Waals surface area contributed by atoms with Gasteiger partial charge in [-0.25, -0.2) is 4.98 Å². The molecule has 0 fully saturated rings. The fraction of sp³-hybridized carbons (Fsp3) is 0.182. The van der Waals surface area contributed by atoms with Gasteiger partial charge in [0, 0.05) is 23.0 Å². The molecule has 2 aromatic carbocycles. The summed E-state index contributed by atoms with van der Waals surface area (Å²) in [5.41, 5.74) is 1.85. The monoisotopic (exact) mass is 485 g/mol. The van der Waals surface area contributed by atoms with Gasteiger partial charge in [-0.3, -0.25) is 4.79 Å². The minimum atomic E-state index is -0.382. The van der Waals surface area contributed by atoms with Crippen LogP contribution < -0.4 is 10.1 Å². The molecule has 0 aliphatic carbocycles. The van der Waals surface area contributed by atoms with Crippen molar-refractivity contribution >= 4 is 45.7 Å². The van der Waals surface area contributed by atoms with Gasteiger partial charge < -0.3 is 14.6 Å². The fourth-order valence-electron chi connectivity index (χ4n) is 2.74. The molecule has 0 aliphatic heterocycles. The predicted molar refractivity (Wildman–Crippen MR) is 128 cm³/mol. The van der Waals surface area contributed by atoms with Crippen molar-refractivity contribution in [1.29, 1.82) is 0 Å². The van der Waals surface area contributed by atoms with Gasteiger partial charge in [-0.15, -0.1) is 21.5 Å². The van der Waals surface area contributed by atoms with Crippen molar-refractivity contribution in [2.24, 2.45) is 7.05 Å². The quantitative estimate of drug-likeness (QED) is 0.341. The molecular weight excluding hydrogens is 466 g/mol. The summed E-state index contributed by atoms with van der Waals surface area (Å²) in [6.07, 6.45) is 0. The maximum absolute atomic E-state index is 12.7. The standard InChI is InChI=1S/C22H20ClN5O2S2/c1-14(20(29)25-21-24-18(13-31-21)15-6-4-3-5-7-15)32-22-27-26-19(28(22)2)12-30-17-10-8-16(23)9-11-17/h3-11,13-14H,12H2,1-2H3,(H,24,25,29). The molecule has 10 heteroatoms. The first-order valence-electron chi connectivity index (χ1n) is 9.74. The lowest BCUT2D eigenvalue weighted by Crippen LogP contribution is -2.22. The van der Waals surface area contributed by atoms with Gasteiger partial charge in [0.05, 0.1) is 10.9 Å². The first kappa shape index (κ1) is 22.3. The van der Waals surface area contributed by atoms with E-state index in [2.05, 4.69) is 20.5 Å². The van der Waals surface area contributed by atoms with Gasteiger partial charge in [0.2, 0.25) is 5.91 Å². The largest absolute Gasteiger partial charge is 0.486 e. The highest BCUT2D eigenvalue weighted by Gasteiger charge is 2.20. The van der Waals surface area contributed by atoms with Crippen molar-refractivity contribution in [2.75, 3.05) is 5.32 Å². The first-order chi connectivity index (χ1) is 15.5. The molecule has 0 saturated heterocycles. The Balaban J connectivity index is 1.33. The van der Waals surface area contributed by atoms with E-state index in [1.165, 1.54) is 23.1 Å². The Bertz CT molecular complexity index is 1190. The van der Waals surface area contributed by atoms with Crippen LogP contribution in [0.3, 0.4) is 0 Å². The number of benzene rings is 2. The number of carbonyl (C=O) groups excluding carboxylic acids is 1. The zero-order chi connectivity index (χ0) is 22.5. The first-order valence-corrected chi connectivity index (χ1v) is 11.9. The van der Waals surface area contributed by atoms with Crippen LogP contribution in [0.2, 0.25) is 5.02 Å². The Hall–Kier alpha value is -2.88. The van der Waals surface area contributed by atoms with Gasteiger partial charge in [-0.2, -0.15) is 0 Å². The van der Waals surface area contributed by atoms with Crippen LogP contribution in [0.4, 0.5) is 5.13 Å². The van der Waals surface area contributed by atoms with E-state index < -0.39 is 0 Å². The van der Waals surface area contributed by atoms with Crippen molar-refractivity contribution in [1.82, 2.24) is 19.7 Å². The van der Waals surface area contributed by atoms with Crippen molar-refractivity contribution in [3.63, 3.8) is 0 Å². The normalized spacial score (nSPS) is 11.8. The van der Waals surface area contributed by atoms with Gasteiger partial charge >= 0.3 is 0 Å². The molecule has 0 bridgehead atoms. The lowest BCUT2D eigenvalue weighted by Gasteiger charge is -2.10. The highest BCUT2D eigenvalue weighted by Crippen LogP contribution is 2.27. The summed E-state index contributed by atoms with van der Waals surface area (Å²) in [5, 5.41) is 14.7. The van der Waals surface area contributed by atoms with Crippen molar-refractivity contribution < 1.29 is 9.53 Å². The van der Waals surface area contributed by atoms with Crippen LogP contribution in [0, 0.1) is 0 Å². The summed E-state index contributed by atoms with van der Waals surface area (Å²) >= 11 is 8.62. The Kier molecular flexibility index (Phi) is 7.09. The van der Waals surface area contributed by atoms with E-state index in [4.69, 9.17) is 16.3 Å². The smallest absolute Gasteiger partial charge is 0.239 e. The minimum absolute atomic E-state index is 0.147. The molecule has 0 radical (unpaired) electrons. The number of nitrogens with one attached hydrogen (secondary N) is 1. The number of thioether (sulfide) groups is 1. The van der Waals surface area contributed by atoms with Crippen molar-refractivity contribution in [2.45, 2.75) is 23.9 Å². The Morgan fingerprint density at radius 1 is 1.19 bits per heavy atom. The molecule has 1 amide bonds. The molecule has 0 spiro atoms. The van der Waals surface area contributed by atoms with Gasteiger partial charge in [0.15, 0.2) is 16.1 Å². The molecule has 1 N–H and O–H groups in total. The summed E-state index contributed by atoms with van der Waals surface area (Å²) in [5.74, 6) is 1.20. The number of thiazole rings is 1. The van der Waals surface area contributed by atoms with Crippen LogP contribution >= 0.6 is 34.7 Å². The molecule has 4 aromatic rings. The third-order valence-electron chi connectivity index (χ3n) is 4.56. The molecule has 1 atom stereocenters. The zero-order valence-electron chi connectivity index (χ0n) is 17.4. The lowest BCUT2D eigenvalue weighted by atomic mass is 10.2. The highest BCUT2D eigenvalue weighted by atomic mass is 35.5. The van der Waals surface area contributed by atoms with Crippen LogP contribution in [0.25, 0.3) is 11.3 Å². The molecule has 0 saturated carbocycles. The molecule has 32 heavy (non-hydrogen) atoms. The number of amides is 1. The second kappa shape index (κ2) is 10.2. The molecule has 2 aromatic heterocycles. The number of aromatic nitrogens is 4. The second-order valence-electron chi connectivity index (χ2n) is 6.85. The Morgan fingerprint density at radius 3 is 2.69 bits per heavy atom. The highest BCUT2D eigenvalue weighted by molar-refractivity contribution is 8.00. The number of hydrogen-bond acceptors (Lipinski definition) is 7. The summed E-state index contributed by atoms with van der Waals surface area (Å²) in [6, 6.07) is 17.0. The van der Waals surface area contributed by atoms with E-state index >= 15 is 0 Å². The number of ether oxygens (including phenoxy) is 1. The van der Waals surface area contributed by atoms with Crippen LogP contribution in [-0.4, -0.2) is 30.9 Å². The van der Waals surface area contributed by atoms with Gasteiger partial charge in [-0.1, -0.05) is 53.7 Å². The van der Waals surface area contributed by atoms with E-state index in [0.717, 1.165) is 11.3 Å². The van der Waals surface area contributed by atoms with E-state index in [1.54, 1.807) is 24.3 Å². The van der Waals surface area contributed by atoms with Crippen LogP contribution in [-0.2, 0) is 18.4 Å². The summed E-state index contributed by atoms with van der Waals surface area (Å²) in [4.78, 5) is 17.2. The van der Waals surface area contributed by atoms with Crippen LogP contribution in [0.1, 0.15) is 12.7 Å². The van der Waals surface area contributed by atoms with E-state index in [9.17, 15) is 4.79 Å². The summed E-state index contributed by atoms with van der Waals surface area (Å²) in [7, 11) is 1.85. The zero-order valence-corrected chi connectivity index (χ0v) is 19.7. The molecular formula is C22H20ClN5O2S2. The number of hydrogen-bond donors (Lipinski definition) is 1. The van der Waals surface area contributed by atoms with Crippen LogP contribution in [0.5, 0.6) is 5.75 Å².